The molecule has 1 aromatic carbocycles. The molecular weight excluding hydrogens is 380 g/mol. The third kappa shape index (κ3) is 3.70. The van der Waals surface area contributed by atoms with Gasteiger partial charge < -0.3 is 10.4 Å². The zero-order valence-electron chi connectivity index (χ0n) is 19.6. The summed E-state index contributed by atoms with van der Waals surface area (Å²) in [7, 11) is 0. The van der Waals surface area contributed by atoms with E-state index in [0.717, 1.165) is 59.6 Å². The van der Waals surface area contributed by atoms with Crippen molar-refractivity contribution in [2.45, 2.75) is 90.2 Å². The number of benzene rings is 1. The van der Waals surface area contributed by atoms with Gasteiger partial charge in [0.05, 0.1) is 17.2 Å². The van der Waals surface area contributed by atoms with Gasteiger partial charge in [-0.2, -0.15) is 5.26 Å². The largest absolute Gasteiger partial charge is 0.390 e. The molecule has 3 heteroatoms. The fourth-order valence-corrected chi connectivity index (χ4v) is 8.95. The first-order valence-corrected chi connectivity index (χ1v) is 12.8. The van der Waals surface area contributed by atoms with E-state index in [2.05, 4.69) is 44.3 Å². The van der Waals surface area contributed by atoms with Crippen LogP contribution in [0.15, 0.2) is 24.3 Å². The van der Waals surface area contributed by atoms with Gasteiger partial charge >= 0.3 is 0 Å². The third-order valence-corrected chi connectivity index (χ3v) is 10.3. The maximum Gasteiger partial charge on any atom is 0.0991 e. The predicted octanol–water partition coefficient (Wildman–Crippen LogP) is 6.38. The number of aliphatic hydroxyl groups is 1. The Kier molecular flexibility index (Phi) is 5.37. The molecule has 0 heterocycles. The summed E-state index contributed by atoms with van der Waals surface area (Å²) in [6.45, 7) is 7.06. The second-order valence-electron chi connectivity index (χ2n) is 12.0. The van der Waals surface area contributed by atoms with Gasteiger partial charge in [0.2, 0.25) is 0 Å². The van der Waals surface area contributed by atoms with Gasteiger partial charge in [0.15, 0.2) is 0 Å². The van der Waals surface area contributed by atoms with E-state index in [-0.39, 0.29) is 0 Å². The molecule has 4 aliphatic rings. The second kappa shape index (κ2) is 7.80. The summed E-state index contributed by atoms with van der Waals surface area (Å²) in [5.41, 5.74) is 1.90. The fraction of sp³-hybridized carbons (Fsp3) is 0.750. The smallest absolute Gasteiger partial charge is 0.0991 e. The quantitative estimate of drug-likeness (QED) is 0.596. The number of nitrogens with zero attached hydrogens (tertiary/aromatic N) is 1. The van der Waals surface area contributed by atoms with Gasteiger partial charge in [-0.25, -0.2) is 0 Å². The first-order chi connectivity index (χ1) is 14.8. The summed E-state index contributed by atoms with van der Waals surface area (Å²) in [6, 6.07) is 10.6. The van der Waals surface area contributed by atoms with Crippen LogP contribution in [-0.4, -0.2) is 16.7 Å². The first kappa shape index (κ1) is 21.3. The zero-order valence-corrected chi connectivity index (χ0v) is 19.6. The molecule has 1 aromatic rings. The summed E-state index contributed by atoms with van der Waals surface area (Å²) in [4.78, 5) is 0. The highest BCUT2D eigenvalue weighted by atomic mass is 16.3. The van der Waals surface area contributed by atoms with Crippen LogP contribution in [0.5, 0.6) is 0 Å². The molecule has 9 atom stereocenters. The normalized spacial score (nSPS) is 45.0. The average Bonchev–Trinajstić information content (AvgIpc) is 3.10. The van der Waals surface area contributed by atoms with Crippen LogP contribution in [0.25, 0.3) is 0 Å². The van der Waals surface area contributed by atoms with Gasteiger partial charge in [-0.15, -0.1) is 0 Å². The standard InChI is InChI=1S/C28H40N2O/c1-18(30-21-7-4-19(17-29)5-8-21)25-10-11-26-24-9-6-20-16-27(2,31)14-12-22(20)23(24)13-15-28(25,26)3/h4-5,7-8,18,20,22-26,30-31H,6,9-16H2,1-3H3/t18-,20+,22-,23+,24+,25?,26-,27+,28+/m0/s1. The minimum Gasteiger partial charge on any atom is -0.390 e. The molecule has 1 unspecified atom stereocenters. The Morgan fingerprint density at radius 3 is 2.45 bits per heavy atom. The second-order valence-corrected chi connectivity index (χ2v) is 12.0. The van der Waals surface area contributed by atoms with Gasteiger partial charge in [-0.1, -0.05) is 6.92 Å². The molecule has 4 saturated carbocycles. The van der Waals surface area contributed by atoms with Crippen molar-refractivity contribution in [1.82, 2.24) is 0 Å². The van der Waals surface area contributed by atoms with Crippen molar-refractivity contribution in [3.63, 3.8) is 0 Å². The van der Waals surface area contributed by atoms with Crippen molar-refractivity contribution in [3.8, 4) is 6.07 Å². The monoisotopic (exact) mass is 420 g/mol. The van der Waals surface area contributed by atoms with E-state index in [1.165, 1.54) is 44.9 Å². The van der Waals surface area contributed by atoms with Crippen LogP contribution in [0.1, 0.15) is 84.1 Å². The predicted molar refractivity (Wildman–Crippen MR) is 125 cm³/mol. The van der Waals surface area contributed by atoms with Crippen molar-refractivity contribution < 1.29 is 5.11 Å². The molecule has 4 aliphatic carbocycles. The Labute approximate surface area is 188 Å². The molecule has 5 rings (SSSR count). The highest BCUT2D eigenvalue weighted by Gasteiger charge is 2.58. The Hall–Kier alpha value is -1.53. The highest BCUT2D eigenvalue weighted by molar-refractivity contribution is 5.48. The lowest BCUT2D eigenvalue weighted by Crippen LogP contribution is -2.51. The number of nitrogens with one attached hydrogen (secondary N) is 1. The Morgan fingerprint density at radius 1 is 0.968 bits per heavy atom. The topological polar surface area (TPSA) is 56.0 Å². The number of rotatable bonds is 3. The van der Waals surface area contributed by atoms with E-state index in [1.54, 1.807) is 0 Å². The molecule has 31 heavy (non-hydrogen) atoms. The van der Waals surface area contributed by atoms with Gasteiger partial charge in [0.1, 0.15) is 0 Å². The highest BCUT2D eigenvalue weighted by Crippen LogP contribution is 2.65. The van der Waals surface area contributed by atoms with E-state index in [1.807, 2.05) is 12.1 Å². The molecule has 0 bridgehead atoms. The lowest BCUT2D eigenvalue weighted by Gasteiger charge is -2.57. The van der Waals surface area contributed by atoms with Crippen molar-refractivity contribution >= 4 is 5.69 Å². The van der Waals surface area contributed by atoms with Crippen LogP contribution in [-0.2, 0) is 0 Å². The Bertz CT molecular complexity index is 840. The van der Waals surface area contributed by atoms with Crippen LogP contribution in [0.4, 0.5) is 5.69 Å². The van der Waals surface area contributed by atoms with E-state index in [4.69, 9.17) is 5.26 Å². The van der Waals surface area contributed by atoms with Crippen molar-refractivity contribution in [1.29, 1.82) is 5.26 Å². The molecule has 0 aromatic heterocycles. The molecule has 168 valence electrons. The summed E-state index contributed by atoms with van der Waals surface area (Å²) in [5.74, 6) is 5.06. The zero-order chi connectivity index (χ0) is 21.8. The van der Waals surface area contributed by atoms with Crippen LogP contribution in [0.3, 0.4) is 0 Å². The molecule has 0 saturated heterocycles. The summed E-state index contributed by atoms with van der Waals surface area (Å²) in [5, 5.41) is 23.5. The molecular formula is C28H40N2O. The molecule has 0 aliphatic heterocycles. The Balaban J connectivity index is 1.29. The number of anilines is 1. The lowest BCUT2D eigenvalue weighted by atomic mass is 9.49. The van der Waals surface area contributed by atoms with E-state index in [9.17, 15) is 5.11 Å². The minimum atomic E-state index is -0.415. The molecule has 0 radical (unpaired) electrons. The van der Waals surface area contributed by atoms with Gasteiger partial charge in [-0.3, -0.25) is 0 Å². The third-order valence-electron chi connectivity index (χ3n) is 10.3. The number of hydrogen-bond acceptors (Lipinski definition) is 3. The fourth-order valence-electron chi connectivity index (χ4n) is 8.95. The number of fused-ring (bicyclic) bond motifs is 5. The first-order valence-electron chi connectivity index (χ1n) is 12.8. The van der Waals surface area contributed by atoms with Gasteiger partial charge in [0, 0.05) is 11.7 Å². The molecule has 2 N–H and O–H groups in total. The van der Waals surface area contributed by atoms with Crippen LogP contribution in [0, 0.1) is 52.3 Å². The molecule has 0 spiro atoms. The van der Waals surface area contributed by atoms with Gasteiger partial charge in [-0.05, 0) is 137 Å². The molecule has 0 amide bonds. The maximum atomic E-state index is 10.6. The molecule has 3 nitrogen and oxygen atoms in total. The van der Waals surface area contributed by atoms with Crippen molar-refractivity contribution in [2.24, 2.45) is 40.9 Å². The Morgan fingerprint density at radius 2 is 1.71 bits per heavy atom. The van der Waals surface area contributed by atoms with Crippen LogP contribution < -0.4 is 5.32 Å². The maximum absolute atomic E-state index is 10.6. The molecule has 4 fully saturated rings. The van der Waals surface area contributed by atoms with Gasteiger partial charge in [0.25, 0.3) is 0 Å². The van der Waals surface area contributed by atoms with Crippen molar-refractivity contribution in [2.75, 3.05) is 5.32 Å². The summed E-state index contributed by atoms with van der Waals surface area (Å²) < 4.78 is 0. The van der Waals surface area contributed by atoms with Crippen LogP contribution >= 0.6 is 0 Å². The lowest BCUT2D eigenvalue weighted by molar-refractivity contribution is -0.100. The SMILES string of the molecule is C[C@H](Nc1ccc(C#N)cc1)C1CC[C@H]2[C@@H]3CC[C@@H]4C[C@](C)(O)CC[C@@H]4[C@H]3CC[C@]12C. The van der Waals surface area contributed by atoms with Crippen LogP contribution in [0.2, 0.25) is 0 Å². The number of nitriles is 1. The van der Waals surface area contributed by atoms with Crippen molar-refractivity contribution in [3.05, 3.63) is 29.8 Å². The van der Waals surface area contributed by atoms with E-state index >= 15 is 0 Å². The summed E-state index contributed by atoms with van der Waals surface area (Å²) >= 11 is 0. The van der Waals surface area contributed by atoms with E-state index in [0.29, 0.717) is 11.5 Å². The minimum absolute atomic E-state index is 0.415. The van der Waals surface area contributed by atoms with E-state index < -0.39 is 5.60 Å². The average molecular weight is 421 g/mol. The number of hydrogen-bond donors (Lipinski definition) is 2. The summed E-state index contributed by atoms with van der Waals surface area (Å²) in [6.07, 6.45) is 11.6.